The maximum Gasteiger partial charge on any atom is 0.151 e. The van der Waals surface area contributed by atoms with Gasteiger partial charge in [0.05, 0.1) is 17.3 Å². The molecule has 96 valence electrons. The van der Waals surface area contributed by atoms with E-state index < -0.39 is 0 Å². The Labute approximate surface area is 117 Å². The molecule has 0 saturated carbocycles. The van der Waals surface area contributed by atoms with Gasteiger partial charge in [-0.25, -0.2) is 0 Å². The fourth-order valence-corrected chi connectivity index (χ4v) is 1.89. The first kappa shape index (κ1) is 13.3. The van der Waals surface area contributed by atoms with Crippen LogP contribution in [0.25, 0.3) is 0 Å². The summed E-state index contributed by atoms with van der Waals surface area (Å²) in [4.78, 5) is 0. The van der Waals surface area contributed by atoms with Crippen LogP contribution in [-0.4, -0.2) is 0 Å². The number of nitrogens with zero attached hydrogens (tertiary/aromatic N) is 1. The average molecular weight is 273 g/mol. The number of anilines is 1. The maximum absolute atomic E-state index is 8.88. The van der Waals surface area contributed by atoms with Crippen molar-refractivity contribution in [3.63, 3.8) is 0 Å². The molecule has 0 aromatic heterocycles. The van der Waals surface area contributed by atoms with Crippen molar-refractivity contribution in [2.45, 2.75) is 13.8 Å². The van der Waals surface area contributed by atoms with E-state index in [1.54, 1.807) is 18.2 Å². The second-order valence-electron chi connectivity index (χ2n) is 4.34. The summed E-state index contributed by atoms with van der Waals surface area (Å²) < 4.78 is 5.73. The third-order valence-electron chi connectivity index (χ3n) is 2.78. The highest BCUT2D eigenvalue weighted by molar-refractivity contribution is 6.32. The number of benzene rings is 2. The highest BCUT2D eigenvalue weighted by Gasteiger charge is 2.07. The lowest BCUT2D eigenvalue weighted by atomic mass is 10.1. The van der Waals surface area contributed by atoms with Crippen LogP contribution in [0.5, 0.6) is 11.5 Å². The van der Waals surface area contributed by atoms with Crippen LogP contribution in [0.1, 0.15) is 16.7 Å². The molecule has 2 aromatic carbocycles. The van der Waals surface area contributed by atoms with Crippen LogP contribution >= 0.6 is 11.6 Å². The number of ether oxygens (including phenoxy) is 1. The van der Waals surface area contributed by atoms with Crippen LogP contribution in [0.3, 0.4) is 0 Å². The molecule has 0 amide bonds. The van der Waals surface area contributed by atoms with Crippen molar-refractivity contribution in [2.24, 2.45) is 0 Å². The zero-order valence-corrected chi connectivity index (χ0v) is 11.5. The Hall–Kier alpha value is -2.18. The molecule has 2 rings (SSSR count). The van der Waals surface area contributed by atoms with E-state index in [2.05, 4.69) is 6.07 Å². The Bertz CT molecular complexity index is 651. The predicted octanol–water partition coefficient (Wildman–Crippen LogP) is 4.20. The first-order valence-electron chi connectivity index (χ1n) is 5.75. The van der Waals surface area contributed by atoms with Gasteiger partial charge in [-0.15, -0.1) is 0 Å². The number of halogens is 1. The molecule has 0 aliphatic heterocycles. The van der Waals surface area contributed by atoms with E-state index in [0.29, 0.717) is 22.7 Å². The van der Waals surface area contributed by atoms with Crippen LogP contribution in [0, 0.1) is 25.2 Å². The molecule has 0 radical (unpaired) electrons. The first-order chi connectivity index (χ1) is 9.01. The molecule has 0 unspecified atom stereocenters. The van der Waals surface area contributed by atoms with Crippen molar-refractivity contribution in [1.82, 2.24) is 0 Å². The topological polar surface area (TPSA) is 59.0 Å². The van der Waals surface area contributed by atoms with Gasteiger partial charge >= 0.3 is 0 Å². The van der Waals surface area contributed by atoms with Gasteiger partial charge in [-0.1, -0.05) is 11.6 Å². The Morgan fingerprint density at radius 1 is 1.16 bits per heavy atom. The van der Waals surface area contributed by atoms with Crippen molar-refractivity contribution in [3.05, 3.63) is 52.0 Å². The van der Waals surface area contributed by atoms with Gasteiger partial charge in [0.2, 0.25) is 0 Å². The third-order valence-corrected chi connectivity index (χ3v) is 3.38. The van der Waals surface area contributed by atoms with Gasteiger partial charge < -0.3 is 10.5 Å². The second-order valence-corrected chi connectivity index (χ2v) is 4.72. The Morgan fingerprint density at radius 2 is 1.79 bits per heavy atom. The molecular weight excluding hydrogens is 260 g/mol. The molecule has 0 heterocycles. The number of nitrogens with two attached hydrogens (primary N) is 1. The molecule has 0 aliphatic carbocycles. The number of rotatable bonds is 2. The van der Waals surface area contributed by atoms with Crippen molar-refractivity contribution in [1.29, 1.82) is 5.26 Å². The van der Waals surface area contributed by atoms with Crippen LogP contribution in [0.2, 0.25) is 5.02 Å². The lowest BCUT2D eigenvalue weighted by Crippen LogP contribution is -1.94. The molecule has 2 aromatic rings. The second kappa shape index (κ2) is 5.21. The zero-order valence-electron chi connectivity index (χ0n) is 10.7. The molecule has 2 N–H and O–H groups in total. The molecule has 0 atom stereocenters. The number of hydrogen-bond acceptors (Lipinski definition) is 3. The van der Waals surface area contributed by atoms with E-state index >= 15 is 0 Å². The van der Waals surface area contributed by atoms with Crippen molar-refractivity contribution >= 4 is 17.3 Å². The van der Waals surface area contributed by atoms with Gasteiger partial charge in [-0.05, 0) is 49.2 Å². The van der Waals surface area contributed by atoms with Crippen molar-refractivity contribution in [2.75, 3.05) is 5.73 Å². The first-order valence-corrected chi connectivity index (χ1v) is 6.13. The molecular formula is C15H13ClN2O. The SMILES string of the molecule is Cc1cc(Oc2cc(C#N)ccc2N)cc(C)c1Cl. The fourth-order valence-electron chi connectivity index (χ4n) is 1.78. The molecule has 0 fully saturated rings. The largest absolute Gasteiger partial charge is 0.455 e. The van der Waals surface area contributed by atoms with Crippen LogP contribution in [0.15, 0.2) is 30.3 Å². The Morgan fingerprint density at radius 3 is 2.37 bits per heavy atom. The highest BCUT2D eigenvalue weighted by Crippen LogP contribution is 2.32. The number of nitrogen functional groups attached to an aromatic ring is 1. The van der Waals surface area contributed by atoms with E-state index in [9.17, 15) is 0 Å². The van der Waals surface area contributed by atoms with Gasteiger partial charge in [-0.2, -0.15) is 5.26 Å². The highest BCUT2D eigenvalue weighted by atomic mass is 35.5. The van der Waals surface area contributed by atoms with Gasteiger partial charge in [0.15, 0.2) is 5.75 Å². The standard InChI is InChI=1S/C15H13ClN2O/c1-9-5-12(6-10(2)15(9)16)19-14-7-11(8-17)3-4-13(14)18/h3-7H,18H2,1-2H3. The molecule has 0 aliphatic rings. The summed E-state index contributed by atoms with van der Waals surface area (Å²) in [5.41, 5.74) is 8.71. The molecule has 0 saturated heterocycles. The Balaban J connectivity index is 2.39. The number of nitriles is 1. The van der Waals surface area contributed by atoms with E-state index in [1.807, 2.05) is 26.0 Å². The summed E-state index contributed by atoms with van der Waals surface area (Å²) in [7, 11) is 0. The van der Waals surface area contributed by atoms with Crippen LogP contribution in [-0.2, 0) is 0 Å². The summed E-state index contributed by atoms with van der Waals surface area (Å²) in [6, 6.07) is 10.7. The molecule has 0 bridgehead atoms. The molecule has 4 heteroatoms. The van der Waals surface area contributed by atoms with Crippen LogP contribution in [0.4, 0.5) is 5.69 Å². The predicted molar refractivity (Wildman–Crippen MR) is 76.6 cm³/mol. The summed E-state index contributed by atoms with van der Waals surface area (Å²) >= 11 is 6.11. The lowest BCUT2D eigenvalue weighted by molar-refractivity contribution is 0.484. The molecule has 0 spiro atoms. The summed E-state index contributed by atoms with van der Waals surface area (Å²) in [5.74, 6) is 1.13. The van der Waals surface area contributed by atoms with Crippen molar-refractivity contribution in [3.8, 4) is 17.6 Å². The van der Waals surface area contributed by atoms with Gasteiger partial charge in [-0.3, -0.25) is 0 Å². The normalized spacial score (nSPS) is 10.0. The fraction of sp³-hybridized carbons (Fsp3) is 0.133. The summed E-state index contributed by atoms with van der Waals surface area (Å²) in [6.45, 7) is 3.83. The minimum Gasteiger partial charge on any atom is -0.455 e. The monoisotopic (exact) mass is 272 g/mol. The number of aryl methyl sites for hydroxylation is 2. The minimum atomic E-state index is 0.472. The zero-order chi connectivity index (χ0) is 14.0. The smallest absolute Gasteiger partial charge is 0.151 e. The number of hydrogen-bond donors (Lipinski definition) is 1. The van der Waals surface area contributed by atoms with E-state index in [0.717, 1.165) is 16.1 Å². The summed E-state index contributed by atoms with van der Waals surface area (Å²) in [5, 5.41) is 9.61. The lowest BCUT2D eigenvalue weighted by Gasteiger charge is -2.11. The quantitative estimate of drug-likeness (QED) is 0.834. The maximum atomic E-state index is 8.88. The summed E-state index contributed by atoms with van der Waals surface area (Å²) in [6.07, 6.45) is 0. The van der Waals surface area contributed by atoms with Gasteiger partial charge in [0.1, 0.15) is 5.75 Å². The van der Waals surface area contributed by atoms with Gasteiger partial charge in [0.25, 0.3) is 0 Å². The van der Waals surface area contributed by atoms with Crippen molar-refractivity contribution < 1.29 is 4.74 Å². The van der Waals surface area contributed by atoms with Gasteiger partial charge in [0, 0.05) is 11.1 Å². The molecule has 3 nitrogen and oxygen atoms in total. The third kappa shape index (κ3) is 2.81. The van der Waals surface area contributed by atoms with E-state index in [-0.39, 0.29) is 0 Å². The van der Waals surface area contributed by atoms with E-state index in [4.69, 9.17) is 27.3 Å². The van der Waals surface area contributed by atoms with Crippen LogP contribution < -0.4 is 10.5 Å². The Kier molecular flexibility index (Phi) is 3.64. The average Bonchev–Trinajstić information content (AvgIpc) is 2.38. The van der Waals surface area contributed by atoms with E-state index in [1.165, 1.54) is 0 Å². The minimum absolute atomic E-state index is 0.472. The molecule has 19 heavy (non-hydrogen) atoms.